The normalized spacial score (nSPS) is 14.5. The van der Waals surface area contributed by atoms with E-state index < -0.39 is 12.0 Å². The van der Waals surface area contributed by atoms with Gasteiger partial charge in [-0.05, 0) is 78.4 Å². The van der Waals surface area contributed by atoms with Crippen molar-refractivity contribution in [3.8, 4) is 0 Å². The Bertz CT molecular complexity index is 1500. The van der Waals surface area contributed by atoms with Gasteiger partial charge in [-0.1, -0.05) is 55.1 Å². The molecule has 206 valence electrons. The van der Waals surface area contributed by atoms with Crippen molar-refractivity contribution in [3.63, 3.8) is 0 Å². The van der Waals surface area contributed by atoms with E-state index in [1.54, 1.807) is 48.5 Å². The van der Waals surface area contributed by atoms with E-state index in [2.05, 4.69) is 22.8 Å². The van der Waals surface area contributed by atoms with Gasteiger partial charge in [-0.3, -0.25) is 14.4 Å². The van der Waals surface area contributed by atoms with Crippen LogP contribution in [0.2, 0.25) is 5.02 Å². The molecule has 8 heteroatoms. The lowest BCUT2D eigenvalue weighted by Gasteiger charge is -2.23. The fourth-order valence-electron chi connectivity index (χ4n) is 5.24. The highest BCUT2D eigenvalue weighted by Crippen LogP contribution is 2.34. The summed E-state index contributed by atoms with van der Waals surface area (Å²) in [5, 5.41) is 16.1. The number of halogens is 1. The number of hydrogen-bond acceptors (Lipinski definition) is 5. The van der Waals surface area contributed by atoms with Crippen LogP contribution in [0.25, 0.3) is 11.0 Å². The molecule has 0 aliphatic heterocycles. The minimum atomic E-state index is -0.984. The van der Waals surface area contributed by atoms with E-state index in [0.717, 1.165) is 11.1 Å². The van der Waals surface area contributed by atoms with Crippen LogP contribution >= 0.6 is 11.6 Å². The number of nitrogens with one attached hydrogen (secondary N) is 2. The number of amides is 1. The molecular weight excluding hydrogens is 528 g/mol. The SMILES string of the molecule is O=C(O)CCNC(=O)c1ccc(C(Nc2ccc(C3CCCCC3)cc2)C(=O)c2cc3cc(Cl)ccc3o2)cc1. The third-order valence-corrected chi connectivity index (χ3v) is 7.65. The first-order valence-electron chi connectivity index (χ1n) is 13.6. The monoisotopic (exact) mass is 558 g/mol. The van der Waals surface area contributed by atoms with E-state index in [4.69, 9.17) is 21.1 Å². The largest absolute Gasteiger partial charge is 0.481 e. The topological polar surface area (TPSA) is 109 Å². The van der Waals surface area contributed by atoms with Crippen LogP contribution in [0.3, 0.4) is 0 Å². The first kappa shape index (κ1) is 27.5. The molecule has 1 saturated carbocycles. The number of fused-ring (bicyclic) bond motifs is 1. The van der Waals surface area contributed by atoms with Gasteiger partial charge in [0.1, 0.15) is 11.6 Å². The van der Waals surface area contributed by atoms with E-state index in [1.165, 1.54) is 37.7 Å². The lowest BCUT2D eigenvalue weighted by Crippen LogP contribution is -2.26. The van der Waals surface area contributed by atoms with Crippen LogP contribution in [0.1, 0.15) is 82.5 Å². The van der Waals surface area contributed by atoms with Crippen molar-refractivity contribution in [1.29, 1.82) is 0 Å². The maximum atomic E-state index is 13.8. The number of aliphatic carboxylic acids is 1. The van der Waals surface area contributed by atoms with Crippen molar-refractivity contribution >= 4 is 45.9 Å². The molecule has 7 nitrogen and oxygen atoms in total. The second-order valence-electron chi connectivity index (χ2n) is 10.2. The zero-order chi connectivity index (χ0) is 28.1. The summed E-state index contributed by atoms with van der Waals surface area (Å²) in [6.45, 7) is 0.0332. The molecule has 3 N–H and O–H groups in total. The molecule has 0 bridgehead atoms. The van der Waals surface area contributed by atoms with Crippen molar-refractivity contribution in [2.45, 2.75) is 50.5 Å². The standard InChI is InChI=1S/C32H31ClN2O5/c33-25-12-15-27-24(18-25)19-28(40-27)31(38)30(22-6-8-23(9-7-22)32(39)34-17-16-29(36)37)35-26-13-10-21(11-14-26)20-4-2-1-3-5-20/h6-15,18-20,30,35H,1-5,16-17H2,(H,34,39)(H,36,37). The molecule has 3 aromatic carbocycles. The average molecular weight is 559 g/mol. The van der Waals surface area contributed by atoms with Crippen LogP contribution in [0.15, 0.2) is 77.2 Å². The van der Waals surface area contributed by atoms with Crippen LogP contribution < -0.4 is 10.6 Å². The summed E-state index contributed by atoms with van der Waals surface area (Å²) in [5.41, 5.74) is 3.71. The van der Waals surface area contributed by atoms with Crippen LogP contribution in [0.4, 0.5) is 5.69 Å². The lowest BCUT2D eigenvalue weighted by molar-refractivity contribution is -0.136. The number of carbonyl (C=O) groups excluding carboxylic acids is 2. The molecule has 0 radical (unpaired) electrons. The van der Waals surface area contributed by atoms with Gasteiger partial charge in [0.25, 0.3) is 5.91 Å². The Morgan fingerprint density at radius 1 is 0.925 bits per heavy atom. The third-order valence-electron chi connectivity index (χ3n) is 7.41. The Hall–Kier alpha value is -4.10. The van der Waals surface area contributed by atoms with Crippen molar-refractivity contribution < 1.29 is 23.9 Å². The summed E-state index contributed by atoms with van der Waals surface area (Å²) in [5.74, 6) is -0.845. The van der Waals surface area contributed by atoms with E-state index >= 15 is 0 Å². The van der Waals surface area contributed by atoms with E-state index in [0.29, 0.717) is 27.7 Å². The minimum absolute atomic E-state index is 0.0332. The molecule has 0 spiro atoms. The van der Waals surface area contributed by atoms with Gasteiger partial charge < -0.3 is 20.2 Å². The molecular formula is C32H31ClN2O5. The van der Waals surface area contributed by atoms with Gasteiger partial charge in [0, 0.05) is 28.2 Å². The number of rotatable bonds is 10. The molecule has 4 aromatic rings. The van der Waals surface area contributed by atoms with E-state index in [-0.39, 0.29) is 30.4 Å². The number of carboxylic acid groups (broad SMARTS) is 1. The number of carboxylic acids is 1. The van der Waals surface area contributed by atoms with Crippen molar-refractivity contribution in [2.75, 3.05) is 11.9 Å². The van der Waals surface area contributed by atoms with Gasteiger partial charge in [0.2, 0.25) is 5.78 Å². The van der Waals surface area contributed by atoms with Gasteiger partial charge in [-0.25, -0.2) is 0 Å². The number of benzene rings is 3. The predicted octanol–water partition coefficient (Wildman–Crippen LogP) is 7.37. The van der Waals surface area contributed by atoms with Crippen LogP contribution in [0.5, 0.6) is 0 Å². The molecule has 40 heavy (non-hydrogen) atoms. The highest BCUT2D eigenvalue weighted by atomic mass is 35.5. The van der Waals surface area contributed by atoms with Gasteiger partial charge in [0.05, 0.1) is 6.42 Å². The fourth-order valence-corrected chi connectivity index (χ4v) is 5.42. The number of ketones is 1. The zero-order valence-electron chi connectivity index (χ0n) is 22.0. The van der Waals surface area contributed by atoms with Crippen LogP contribution in [0, 0.1) is 0 Å². The first-order valence-corrected chi connectivity index (χ1v) is 13.9. The smallest absolute Gasteiger partial charge is 0.305 e. The first-order chi connectivity index (χ1) is 19.4. The molecule has 1 aromatic heterocycles. The number of Topliss-reactive ketones (excluding diaryl/α,β-unsaturated/α-hetero) is 1. The van der Waals surface area contributed by atoms with E-state index in [9.17, 15) is 14.4 Å². The summed E-state index contributed by atoms with van der Waals surface area (Å²) in [6, 6.07) is 21.1. The summed E-state index contributed by atoms with van der Waals surface area (Å²) < 4.78 is 5.89. The predicted molar refractivity (Wildman–Crippen MR) is 155 cm³/mol. The second-order valence-corrected chi connectivity index (χ2v) is 10.6. The molecule has 1 fully saturated rings. The third kappa shape index (κ3) is 6.54. The molecule has 1 atom stereocenters. The fraction of sp³-hybridized carbons (Fsp3) is 0.281. The van der Waals surface area contributed by atoms with Gasteiger partial charge in [0.15, 0.2) is 5.76 Å². The Kier molecular flexibility index (Phi) is 8.51. The number of furan rings is 1. The van der Waals surface area contributed by atoms with E-state index in [1.807, 2.05) is 12.1 Å². The molecule has 0 saturated heterocycles. The molecule has 5 rings (SSSR count). The summed E-state index contributed by atoms with van der Waals surface area (Å²) >= 11 is 6.13. The van der Waals surface area contributed by atoms with Crippen molar-refractivity contribution in [1.82, 2.24) is 5.32 Å². The summed E-state index contributed by atoms with van der Waals surface area (Å²) in [6.07, 6.45) is 6.08. The quantitative estimate of drug-likeness (QED) is 0.175. The molecule has 1 unspecified atom stereocenters. The Morgan fingerprint density at radius 3 is 2.35 bits per heavy atom. The maximum absolute atomic E-state index is 13.8. The second kappa shape index (κ2) is 12.4. The maximum Gasteiger partial charge on any atom is 0.305 e. The molecule has 1 aliphatic carbocycles. The number of carbonyl (C=O) groups is 3. The van der Waals surface area contributed by atoms with Crippen LogP contribution in [-0.2, 0) is 4.79 Å². The van der Waals surface area contributed by atoms with Crippen molar-refractivity contribution in [3.05, 3.63) is 100 Å². The number of hydrogen-bond donors (Lipinski definition) is 3. The number of anilines is 1. The summed E-state index contributed by atoms with van der Waals surface area (Å²) in [4.78, 5) is 37.0. The van der Waals surface area contributed by atoms with Crippen LogP contribution in [-0.4, -0.2) is 29.3 Å². The molecule has 1 heterocycles. The zero-order valence-corrected chi connectivity index (χ0v) is 22.7. The van der Waals surface area contributed by atoms with Gasteiger partial charge in [-0.2, -0.15) is 0 Å². The summed E-state index contributed by atoms with van der Waals surface area (Å²) in [7, 11) is 0. The highest BCUT2D eigenvalue weighted by molar-refractivity contribution is 6.31. The molecule has 1 aliphatic rings. The minimum Gasteiger partial charge on any atom is -0.481 e. The molecule has 1 amide bonds. The average Bonchev–Trinajstić information content (AvgIpc) is 3.39. The highest BCUT2D eigenvalue weighted by Gasteiger charge is 2.26. The van der Waals surface area contributed by atoms with Gasteiger partial charge >= 0.3 is 5.97 Å². The Balaban J connectivity index is 1.40. The lowest BCUT2D eigenvalue weighted by atomic mass is 9.84. The Morgan fingerprint density at radius 2 is 1.65 bits per heavy atom. The van der Waals surface area contributed by atoms with Gasteiger partial charge in [-0.15, -0.1) is 0 Å². The Labute approximate surface area is 237 Å². The van der Waals surface area contributed by atoms with Crippen molar-refractivity contribution in [2.24, 2.45) is 0 Å².